The molecule has 24 heavy (non-hydrogen) atoms. The van der Waals surface area contributed by atoms with Crippen LogP contribution < -0.4 is 0 Å². The van der Waals surface area contributed by atoms with Gasteiger partial charge in [0.15, 0.2) is 11.6 Å². The number of halogens is 2. The van der Waals surface area contributed by atoms with Gasteiger partial charge in [0.1, 0.15) is 5.76 Å². The van der Waals surface area contributed by atoms with Gasteiger partial charge in [-0.3, -0.25) is 0 Å². The Morgan fingerprint density at radius 1 is 1.00 bits per heavy atom. The lowest BCUT2D eigenvalue weighted by atomic mass is 10.2. The minimum atomic E-state index is 0.647. The van der Waals surface area contributed by atoms with Crippen LogP contribution >= 0.6 is 23.2 Å². The van der Waals surface area contributed by atoms with Crippen molar-refractivity contribution < 1.29 is 4.42 Å². The Morgan fingerprint density at radius 2 is 1.83 bits per heavy atom. The summed E-state index contributed by atoms with van der Waals surface area (Å²) in [6, 6.07) is 17.4. The van der Waals surface area contributed by atoms with Gasteiger partial charge >= 0.3 is 0 Å². The molecule has 0 bridgehead atoms. The number of imidazole rings is 1. The topological polar surface area (TPSA) is 31.0 Å². The molecule has 0 N–H and O–H groups in total. The quantitative estimate of drug-likeness (QED) is 0.453. The van der Waals surface area contributed by atoms with Gasteiger partial charge in [0.25, 0.3) is 0 Å². The van der Waals surface area contributed by atoms with Crippen LogP contribution in [0.2, 0.25) is 10.0 Å². The molecular weight excluding hydrogens is 343 g/mol. The van der Waals surface area contributed by atoms with E-state index in [0.717, 1.165) is 39.0 Å². The lowest BCUT2D eigenvalue weighted by Gasteiger charge is -2.08. The van der Waals surface area contributed by atoms with E-state index in [1.54, 1.807) is 0 Å². The Bertz CT molecular complexity index is 1030. The van der Waals surface area contributed by atoms with E-state index in [0.29, 0.717) is 11.6 Å². The van der Waals surface area contributed by atoms with Crippen molar-refractivity contribution >= 4 is 34.2 Å². The van der Waals surface area contributed by atoms with E-state index in [1.165, 1.54) is 0 Å². The molecule has 0 spiro atoms. The van der Waals surface area contributed by atoms with Crippen LogP contribution in [0, 0.1) is 6.92 Å². The van der Waals surface area contributed by atoms with Crippen molar-refractivity contribution in [2.75, 3.05) is 0 Å². The van der Waals surface area contributed by atoms with Crippen LogP contribution in [-0.2, 0) is 6.54 Å². The third kappa shape index (κ3) is 2.81. The second-order valence-electron chi connectivity index (χ2n) is 5.69. The number of rotatable bonds is 3. The molecule has 4 rings (SSSR count). The highest BCUT2D eigenvalue weighted by Gasteiger charge is 2.16. The normalized spacial score (nSPS) is 11.3. The van der Waals surface area contributed by atoms with Gasteiger partial charge in [-0.1, -0.05) is 35.3 Å². The fourth-order valence-corrected chi connectivity index (χ4v) is 3.20. The Hall–Kier alpha value is -2.23. The molecule has 2 aromatic carbocycles. The van der Waals surface area contributed by atoms with Gasteiger partial charge in [-0.2, -0.15) is 0 Å². The van der Waals surface area contributed by atoms with Crippen LogP contribution in [0.25, 0.3) is 22.6 Å². The average molecular weight is 357 g/mol. The van der Waals surface area contributed by atoms with E-state index in [4.69, 9.17) is 32.6 Å². The van der Waals surface area contributed by atoms with Crippen molar-refractivity contribution in [2.45, 2.75) is 13.5 Å². The molecule has 0 aliphatic carbocycles. The number of aromatic nitrogens is 2. The number of hydrogen-bond donors (Lipinski definition) is 0. The number of hydrogen-bond acceptors (Lipinski definition) is 2. The molecule has 0 radical (unpaired) electrons. The van der Waals surface area contributed by atoms with Gasteiger partial charge in [0.05, 0.1) is 11.0 Å². The maximum atomic E-state index is 6.12. The maximum Gasteiger partial charge on any atom is 0.177 e. The maximum absolute atomic E-state index is 6.12. The molecule has 4 aromatic rings. The fraction of sp³-hybridized carbons (Fsp3) is 0.105. The molecule has 3 nitrogen and oxygen atoms in total. The summed E-state index contributed by atoms with van der Waals surface area (Å²) in [6.45, 7) is 2.57. The standard InChI is InChI=1S/C19H14Cl2N2O/c1-12-5-8-18(24-12)19-22-16-10-15(21)6-7-17(16)23(19)11-13-3-2-4-14(20)9-13/h2-10H,11H2,1H3. The van der Waals surface area contributed by atoms with Gasteiger partial charge < -0.3 is 8.98 Å². The zero-order chi connectivity index (χ0) is 16.7. The first-order chi connectivity index (χ1) is 11.6. The molecule has 0 atom stereocenters. The lowest BCUT2D eigenvalue weighted by molar-refractivity contribution is 0.540. The van der Waals surface area contributed by atoms with Crippen molar-refractivity contribution in [3.63, 3.8) is 0 Å². The molecule has 5 heteroatoms. The summed E-state index contributed by atoms with van der Waals surface area (Å²) in [6.07, 6.45) is 0. The summed E-state index contributed by atoms with van der Waals surface area (Å²) >= 11 is 12.2. The number of nitrogens with zero attached hydrogens (tertiary/aromatic N) is 2. The predicted octanol–water partition coefficient (Wildman–Crippen LogP) is 5.96. The van der Waals surface area contributed by atoms with Crippen molar-refractivity contribution in [1.29, 1.82) is 0 Å². The van der Waals surface area contributed by atoms with Crippen molar-refractivity contribution in [2.24, 2.45) is 0 Å². The minimum absolute atomic E-state index is 0.647. The summed E-state index contributed by atoms with van der Waals surface area (Å²) in [7, 11) is 0. The number of furan rings is 1. The molecule has 0 saturated heterocycles. The lowest BCUT2D eigenvalue weighted by Crippen LogP contribution is -2.01. The largest absolute Gasteiger partial charge is 0.458 e. The molecule has 0 unspecified atom stereocenters. The summed E-state index contributed by atoms with van der Waals surface area (Å²) < 4.78 is 7.91. The number of benzene rings is 2. The molecule has 120 valence electrons. The highest BCUT2D eigenvalue weighted by atomic mass is 35.5. The van der Waals surface area contributed by atoms with E-state index in [2.05, 4.69) is 4.57 Å². The SMILES string of the molecule is Cc1ccc(-c2nc3cc(Cl)ccc3n2Cc2cccc(Cl)c2)o1. The summed E-state index contributed by atoms with van der Waals surface area (Å²) in [5, 5.41) is 1.38. The van der Waals surface area contributed by atoms with Crippen molar-refractivity contribution in [3.8, 4) is 11.6 Å². The highest BCUT2D eigenvalue weighted by Crippen LogP contribution is 2.29. The van der Waals surface area contributed by atoms with Gasteiger partial charge in [0, 0.05) is 16.6 Å². The van der Waals surface area contributed by atoms with Crippen LogP contribution in [0.3, 0.4) is 0 Å². The molecule has 2 aromatic heterocycles. The third-order valence-corrected chi connectivity index (χ3v) is 4.37. The van der Waals surface area contributed by atoms with Crippen molar-refractivity contribution in [3.05, 3.63) is 76.0 Å². The molecule has 0 amide bonds. The zero-order valence-electron chi connectivity index (χ0n) is 13.0. The van der Waals surface area contributed by atoms with Gasteiger partial charge in [0.2, 0.25) is 0 Å². The van der Waals surface area contributed by atoms with E-state index in [1.807, 2.05) is 61.5 Å². The summed E-state index contributed by atoms with van der Waals surface area (Å²) in [5.74, 6) is 2.37. The van der Waals surface area contributed by atoms with Crippen LogP contribution in [-0.4, -0.2) is 9.55 Å². The van der Waals surface area contributed by atoms with Crippen LogP contribution in [0.15, 0.2) is 59.0 Å². The monoisotopic (exact) mass is 356 g/mol. The number of fused-ring (bicyclic) bond motifs is 1. The second kappa shape index (κ2) is 6.00. The van der Waals surface area contributed by atoms with Crippen molar-refractivity contribution in [1.82, 2.24) is 9.55 Å². The zero-order valence-corrected chi connectivity index (χ0v) is 14.5. The Labute approximate surface area is 149 Å². The molecule has 0 saturated carbocycles. The Balaban J connectivity index is 1.90. The number of aryl methyl sites for hydroxylation is 1. The van der Waals surface area contributed by atoms with E-state index >= 15 is 0 Å². The highest BCUT2D eigenvalue weighted by molar-refractivity contribution is 6.31. The smallest absolute Gasteiger partial charge is 0.177 e. The predicted molar refractivity (Wildman–Crippen MR) is 97.7 cm³/mol. The average Bonchev–Trinajstić information content (AvgIpc) is 3.11. The summed E-state index contributed by atoms with van der Waals surface area (Å²) in [4.78, 5) is 4.73. The first-order valence-corrected chi connectivity index (χ1v) is 8.33. The third-order valence-electron chi connectivity index (χ3n) is 3.90. The van der Waals surface area contributed by atoms with Gasteiger partial charge in [-0.25, -0.2) is 4.98 Å². The van der Waals surface area contributed by atoms with Gasteiger partial charge in [-0.05, 0) is 55.0 Å². The fourth-order valence-electron chi connectivity index (χ4n) is 2.82. The van der Waals surface area contributed by atoms with Crippen LogP contribution in [0.1, 0.15) is 11.3 Å². The van der Waals surface area contributed by atoms with E-state index < -0.39 is 0 Å². The van der Waals surface area contributed by atoms with Gasteiger partial charge in [-0.15, -0.1) is 0 Å². The molecule has 0 aliphatic rings. The molecule has 0 fully saturated rings. The molecule has 0 aliphatic heterocycles. The first-order valence-electron chi connectivity index (χ1n) is 7.57. The minimum Gasteiger partial charge on any atom is -0.458 e. The Morgan fingerprint density at radius 3 is 2.58 bits per heavy atom. The molecule has 2 heterocycles. The second-order valence-corrected chi connectivity index (χ2v) is 6.57. The molecular formula is C19H14Cl2N2O. The van der Waals surface area contributed by atoms with Crippen LogP contribution in [0.5, 0.6) is 0 Å². The summed E-state index contributed by atoms with van der Waals surface area (Å²) in [5.41, 5.74) is 2.94. The Kier molecular flexibility index (Phi) is 3.83. The first kappa shape index (κ1) is 15.3. The van der Waals surface area contributed by atoms with E-state index in [-0.39, 0.29) is 0 Å². The van der Waals surface area contributed by atoms with Crippen LogP contribution in [0.4, 0.5) is 0 Å². The van der Waals surface area contributed by atoms with E-state index in [9.17, 15) is 0 Å².